The Balaban J connectivity index is 1.55. The van der Waals surface area contributed by atoms with E-state index in [9.17, 15) is 0 Å². The van der Waals surface area contributed by atoms with Gasteiger partial charge in [-0.15, -0.1) is 0 Å². The molecule has 2 aliphatic rings. The highest BCUT2D eigenvalue weighted by Gasteiger charge is 2.33. The zero-order valence-electron chi connectivity index (χ0n) is 20.0. The molecule has 2 N–H and O–H groups in total. The van der Waals surface area contributed by atoms with Gasteiger partial charge in [0, 0.05) is 53.5 Å². The van der Waals surface area contributed by atoms with Gasteiger partial charge in [0.05, 0.1) is 12.2 Å². The molecule has 1 saturated carbocycles. The molecule has 0 spiro atoms. The maximum Gasteiger partial charge on any atom is 0.191 e. The van der Waals surface area contributed by atoms with Crippen LogP contribution < -0.4 is 10.6 Å². The lowest BCUT2D eigenvalue weighted by Crippen LogP contribution is -2.45. The molecule has 1 aromatic rings. The molecule has 31 heavy (non-hydrogen) atoms. The molecular formula is C25H42N4O2. The summed E-state index contributed by atoms with van der Waals surface area (Å²) in [4.78, 5) is 6.98. The third-order valence-electron chi connectivity index (χ3n) is 6.81. The fraction of sp³-hybridized carbons (Fsp3) is 0.720. The van der Waals surface area contributed by atoms with Crippen molar-refractivity contribution in [3.63, 3.8) is 0 Å². The second-order valence-electron chi connectivity index (χ2n) is 9.45. The summed E-state index contributed by atoms with van der Waals surface area (Å²) in [5.41, 5.74) is 3.04. The smallest absolute Gasteiger partial charge is 0.191 e. The summed E-state index contributed by atoms with van der Waals surface area (Å²) in [6.07, 6.45) is 6.90. The minimum atomic E-state index is 0.290. The molecule has 2 unspecified atom stereocenters. The van der Waals surface area contributed by atoms with Gasteiger partial charge in [0.2, 0.25) is 0 Å². The van der Waals surface area contributed by atoms with Crippen LogP contribution in [0.15, 0.2) is 29.3 Å². The SMILES string of the molecule is CN=C(NCc1ccccc1CN1CC(C)OC(C)C1)NCC1(CCOC)CCCC1. The molecule has 174 valence electrons. The van der Waals surface area contributed by atoms with E-state index in [2.05, 4.69) is 58.6 Å². The molecule has 0 amide bonds. The molecule has 1 saturated heterocycles. The third kappa shape index (κ3) is 7.19. The zero-order valence-corrected chi connectivity index (χ0v) is 20.0. The topological polar surface area (TPSA) is 58.1 Å². The number of methoxy groups -OCH3 is 1. The lowest BCUT2D eigenvalue weighted by Gasteiger charge is -2.35. The highest BCUT2D eigenvalue weighted by atomic mass is 16.5. The molecule has 6 nitrogen and oxygen atoms in total. The minimum absolute atomic E-state index is 0.290. The number of benzene rings is 1. The largest absolute Gasteiger partial charge is 0.385 e. The fourth-order valence-corrected chi connectivity index (χ4v) is 5.17. The van der Waals surface area contributed by atoms with Crippen LogP contribution in [0.2, 0.25) is 0 Å². The first kappa shape index (κ1) is 24.0. The first-order valence-corrected chi connectivity index (χ1v) is 11.9. The van der Waals surface area contributed by atoms with Crippen LogP contribution in [0.4, 0.5) is 0 Å². The van der Waals surface area contributed by atoms with Gasteiger partial charge in [-0.1, -0.05) is 37.1 Å². The molecule has 0 aromatic heterocycles. The van der Waals surface area contributed by atoms with Crippen molar-refractivity contribution in [3.05, 3.63) is 35.4 Å². The molecule has 1 aliphatic carbocycles. The minimum Gasteiger partial charge on any atom is -0.385 e. The third-order valence-corrected chi connectivity index (χ3v) is 6.81. The van der Waals surface area contributed by atoms with Crippen LogP contribution in [-0.2, 0) is 22.6 Å². The van der Waals surface area contributed by atoms with Gasteiger partial charge >= 0.3 is 0 Å². The lowest BCUT2D eigenvalue weighted by molar-refractivity contribution is -0.0705. The molecular weight excluding hydrogens is 388 g/mol. The van der Waals surface area contributed by atoms with Crippen molar-refractivity contribution in [2.45, 2.75) is 71.2 Å². The Morgan fingerprint density at radius 2 is 1.81 bits per heavy atom. The number of hydrogen-bond acceptors (Lipinski definition) is 4. The van der Waals surface area contributed by atoms with Crippen LogP contribution in [0, 0.1) is 5.41 Å². The van der Waals surface area contributed by atoms with Crippen molar-refractivity contribution in [1.82, 2.24) is 15.5 Å². The fourth-order valence-electron chi connectivity index (χ4n) is 5.17. The summed E-state index contributed by atoms with van der Waals surface area (Å²) in [5.74, 6) is 0.882. The molecule has 1 aliphatic heterocycles. The highest BCUT2D eigenvalue weighted by molar-refractivity contribution is 5.79. The molecule has 2 atom stereocenters. The van der Waals surface area contributed by atoms with E-state index in [1.165, 1.54) is 36.8 Å². The van der Waals surface area contributed by atoms with Crippen molar-refractivity contribution in [3.8, 4) is 0 Å². The quantitative estimate of drug-likeness (QED) is 0.463. The summed E-state index contributed by atoms with van der Waals surface area (Å²) in [5, 5.41) is 7.14. The molecule has 0 bridgehead atoms. The monoisotopic (exact) mass is 430 g/mol. The van der Waals surface area contributed by atoms with Crippen LogP contribution in [-0.4, -0.2) is 63.5 Å². The van der Waals surface area contributed by atoms with Gasteiger partial charge in [-0.2, -0.15) is 0 Å². The number of guanidine groups is 1. The molecule has 1 heterocycles. The predicted molar refractivity (Wildman–Crippen MR) is 127 cm³/mol. The molecule has 2 fully saturated rings. The summed E-state index contributed by atoms with van der Waals surface area (Å²) in [7, 11) is 3.65. The highest BCUT2D eigenvalue weighted by Crippen LogP contribution is 2.40. The van der Waals surface area contributed by atoms with Gasteiger partial charge in [-0.3, -0.25) is 9.89 Å². The van der Waals surface area contributed by atoms with Crippen LogP contribution in [0.3, 0.4) is 0 Å². The van der Waals surface area contributed by atoms with E-state index in [1.807, 2.05) is 7.05 Å². The number of nitrogens with one attached hydrogen (secondary N) is 2. The Morgan fingerprint density at radius 1 is 1.13 bits per heavy atom. The molecule has 3 rings (SSSR count). The number of hydrogen-bond donors (Lipinski definition) is 2. The first-order chi connectivity index (χ1) is 15.0. The maximum absolute atomic E-state index is 5.89. The molecule has 0 radical (unpaired) electrons. The van der Waals surface area contributed by atoms with Gasteiger partial charge in [-0.05, 0) is 49.7 Å². The van der Waals surface area contributed by atoms with Crippen LogP contribution in [0.1, 0.15) is 57.1 Å². The molecule has 1 aromatic carbocycles. The van der Waals surface area contributed by atoms with E-state index < -0.39 is 0 Å². The number of ether oxygens (including phenoxy) is 2. The number of aliphatic imine (C=N–C) groups is 1. The number of rotatable bonds is 9. The lowest BCUT2D eigenvalue weighted by atomic mass is 9.83. The Hall–Kier alpha value is -1.63. The summed E-state index contributed by atoms with van der Waals surface area (Å²) in [6, 6.07) is 8.73. The van der Waals surface area contributed by atoms with Gasteiger partial charge in [0.1, 0.15) is 0 Å². The van der Waals surface area contributed by atoms with E-state index >= 15 is 0 Å². The summed E-state index contributed by atoms with van der Waals surface area (Å²) >= 11 is 0. The van der Waals surface area contributed by atoms with Crippen LogP contribution in [0.5, 0.6) is 0 Å². The second kappa shape index (κ2) is 11.8. The van der Waals surface area contributed by atoms with E-state index in [0.717, 1.165) is 51.7 Å². The van der Waals surface area contributed by atoms with E-state index in [0.29, 0.717) is 5.41 Å². The first-order valence-electron chi connectivity index (χ1n) is 11.9. The molecule has 6 heteroatoms. The average molecular weight is 431 g/mol. The van der Waals surface area contributed by atoms with Gasteiger partial charge in [0.15, 0.2) is 5.96 Å². The Kier molecular flexibility index (Phi) is 9.17. The van der Waals surface area contributed by atoms with E-state index in [4.69, 9.17) is 9.47 Å². The van der Waals surface area contributed by atoms with Crippen molar-refractivity contribution in [2.24, 2.45) is 10.4 Å². The van der Waals surface area contributed by atoms with Crippen molar-refractivity contribution in [2.75, 3.05) is 40.4 Å². The van der Waals surface area contributed by atoms with Gasteiger partial charge in [0.25, 0.3) is 0 Å². The summed E-state index contributed by atoms with van der Waals surface area (Å²) in [6.45, 7) is 9.82. The number of morpholine rings is 1. The standard InChI is InChI=1S/C25H42N4O2/c1-20-16-29(17-21(2)31-20)18-23-10-6-5-9-22(23)15-27-24(26-3)28-19-25(13-14-30-4)11-7-8-12-25/h5-6,9-10,20-21H,7-8,11-19H2,1-4H3,(H2,26,27,28). The van der Waals surface area contributed by atoms with E-state index in [1.54, 1.807) is 7.11 Å². The van der Waals surface area contributed by atoms with Crippen LogP contribution >= 0.6 is 0 Å². The zero-order chi connectivity index (χ0) is 22.1. The summed E-state index contributed by atoms with van der Waals surface area (Å²) < 4.78 is 11.3. The Bertz CT molecular complexity index is 693. The average Bonchev–Trinajstić information content (AvgIpc) is 3.22. The van der Waals surface area contributed by atoms with E-state index in [-0.39, 0.29) is 12.2 Å². The Labute approximate surface area is 188 Å². The van der Waals surface area contributed by atoms with Gasteiger partial charge < -0.3 is 20.1 Å². The van der Waals surface area contributed by atoms with Crippen molar-refractivity contribution >= 4 is 5.96 Å². The number of nitrogens with zero attached hydrogens (tertiary/aromatic N) is 2. The predicted octanol–water partition coefficient (Wildman–Crippen LogP) is 3.56. The van der Waals surface area contributed by atoms with Crippen molar-refractivity contribution < 1.29 is 9.47 Å². The normalized spacial score (nSPS) is 24.3. The second-order valence-corrected chi connectivity index (χ2v) is 9.45. The van der Waals surface area contributed by atoms with Crippen LogP contribution in [0.25, 0.3) is 0 Å². The Morgan fingerprint density at radius 3 is 2.45 bits per heavy atom. The van der Waals surface area contributed by atoms with Crippen molar-refractivity contribution in [1.29, 1.82) is 0 Å². The van der Waals surface area contributed by atoms with Gasteiger partial charge in [-0.25, -0.2) is 0 Å². The maximum atomic E-state index is 5.89.